The summed E-state index contributed by atoms with van der Waals surface area (Å²) in [6, 6.07) is 10.3. The molecule has 7 nitrogen and oxygen atoms in total. The van der Waals surface area contributed by atoms with Crippen molar-refractivity contribution in [3.05, 3.63) is 66.4 Å². The second kappa shape index (κ2) is 6.32. The summed E-state index contributed by atoms with van der Waals surface area (Å²) in [5.41, 5.74) is 9.32. The molecule has 0 saturated heterocycles. The Balaban J connectivity index is 1.88. The topological polar surface area (TPSA) is 95.4 Å². The lowest BCUT2D eigenvalue weighted by atomic mass is 10.1. The largest absolute Gasteiger partial charge is 0.383 e. The number of tetrazole rings is 1. The minimum absolute atomic E-state index is 0.280. The van der Waals surface area contributed by atoms with E-state index in [2.05, 4.69) is 25.5 Å². The number of benzene rings is 1. The summed E-state index contributed by atoms with van der Waals surface area (Å²) in [5, 5.41) is 11.8. The molecule has 0 aliphatic heterocycles. The molecule has 0 unspecified atom stereocenters. The van der Waals surface area contributed by atoms with E-state index < -0.39 is 0 Å². The molecule has 4 aromatic rings. The Labute approximate surface area is 148 Å². The van der Waals surface area contributed by atoms with Gasteiger partial charge in [0.1, 0.15) is 11.6 Å². The molecule has 0 aliphatic carbocycles. The SMILES string of the molecule is Cc1c(F)cccc1-n1nnnc1-c1cc(-c2cccnc2)cnc1N. The predicted octanol–water partition coefficient (Wildman–Crippen LogP) is 2.82. The van der Waals surface area contributed by atoms with Crippen LogP contribution >= 0.6 is 0 Å². The van der Waals surface area contributed by atoms with Crippen LogP contribution < -0.4 is 5.73 Å². The maximum atomic E-state index is 13.9. The molecule has 0 radical (unpaired) electrons. The van der Waals surface area contributed by atoms with Crippen LogP contribution in [0.1, 0.15) is 5.56 Å². The van der Waals surface area contributed by atoms with Gasteiger partial charge in [0.2, 0.25) is 0 Å². The van der Waals surface area contributed by atoms with Gasteiger partial charge in [0.25, 0.3) is 0 Å². The van der Waals surface area contributed by atoms with E-state index in [-0.39, 0.29) is 11.6 Å². The van der Waals surface area contributed by atoms with Crippen LogP contribution in [-0.2, 0) is 0 Å². The zero-order valence-electron chi connectivity index (χ0n) is 13.8. The molecule has 0 atom stereocenters. The van der Waals surface area contributed by atoms with Gasteiger partial charge in [0, 0.05) is 35.3 Å². The lowest BCUT2D eigenvalue weighted by Crippen LogP contribution is -2.05. The Morgan fingerprint density at radius 3 is 2.77 bits per heavy atom. The average molecular weight is 347 g/mol. The molecule has 1 aromatic carbocycles. The van der Waals surface area contributed by atoms with E-state index >= 15 is 0 Å². The number of nitrogens with zero attached hydrogens (tertiary/aromatic N) is 6. The van der Waals surface area contributed by atoms with Crippen LogP contribution in [0.3, 0.4) is 0 Å². The second-order valence-electron chi connectivity index (χ2n) is 5.70. The summed E-state index contributed by atoms with van der Waals surface area (Å²) >= 11 is 0. The number of hydrogen-bond acceptors (Lipinski definition) is 6. The normalized spacial score (nSPS) is 10.8. The molecule has 3 aromatic heterocycles. The first-order valence-corrected chi connectivity index (χ1v) is 7.85. The number of halogens is 1. The molecule has 0 fully saturated rings. The van der Waals surface area contributed by atoms with Crippen LogP contribution in [-0.4, -0.2) is 30.2 Å². The van der Waals surface area contributed by atoms with Crippen molar-refractivity contribution in [2.75, 3.05) is 5.73 Å². The van der Waals surface area contributed by atoms with Crippen molar-refractivity contribution < 1.29 is 4.39 Å². The van der Waals surface area contributed by atoms with Crippen molar-refractivity contribution in [1.29, 1.82) is 0 Å². The molecule has 2 N–H and O–H groups in total. The van der Waals surface area contributed by atoms with Crippen molar-refractivity contribution in [2.24, 2.45) is 0 Å². The van der Waals surface area contributed by atoms with Crippen LogP contribution in [0.4, 0.5) is 10.2 Å². The maximum Gasteiger partial charge on any atom is 0.190 e. The fourth-order valence-corrected chi connectivity index (χ4v) is 2.69. The molecule has 26 heavy (non-hydrogen) atoms. The van der Waals surface area contributed by atoms with E-state index in [1.807, 2.05) is 18.2 Å². The first kappa shape index (κ1) is 15.8. The molecule has 0 amide bonds. The number of rotatable bonds is 3. The van der Waals surface area contributed by atoms with Crippen molar-refractivity contribution in [3.63, 3.8) is 0 Å². The lowest BCUT2D eigenvalue weighted by Gasteiger charge is -2.10. The minimum Gasteiger partial charge on any atom is -0.383 e. The number of anilines is 1. The Kier molecular flexibility index (Phi) is 3.85. The van der Waals surface area contributed by atoms with Crippen LogP contribution in [0.25, 0.3) is 28.2 Å². The highest BCUT2D eigenvalue weighted by Gasteiger charge is 2.17. The quantitative estimate of drug-likeness (QED) is 0.612. The van der Waals surface area contributed by atoms with Crippen LogP contribution in [0.15, 0.2) is 55.0 Å². The molecular weight excluding hydrogens is 333 g/mol. The van der Waals surface area contributed by atoms with Crippen molar-refractivity contribution in [1.82, 2.24) is 30.2 Å². The van der Waals surface area contributed by atoms with Crippen molar-refractivity contribution in [3.8, 4) is 28.2 Å². The molecule has 3 heterocycles. The van der Waals surface area contributed by atoms with Gasteiger partial charge in [0.15, 0.2) is 5.82 Å². The van der Waals surface area contributed by atoms with E-state index in [9.17, 15) is 4.39 Å². The fraction of sp³-hybridized carbons (Fsp3) is 0.0556. The van der Waals surface area contributed by atoms with E-state index in [1.54, 1.807) is 37.6 Å². The molecule has 0 aliphatic rings. The third-order valence-corrected chi connectivity index (χ3v) is 4.09. The third kappa shape index (κ3) is 2.67. The van der Waals surface area contributed by atoms with E-state index in [4.69, 9.17) is 5.73 Å². The Morgan fingerprint density at radius 1 is 1.08 bits per heavy atom. The maximum absolute atomic E-state index is 13.9. The first-order valence-electron chi connectivity index (χ1n) is 7.85. The van der Waals surface area contributed by atoms with Gasteiger partial charge >= 0.3 is 0 Å². The second-order valence-corrected chi connectivity index (χ2v) is 5.70. The molecule has 0 spiro atoms. The van der Waals surface area contributed by atoms with Crippen LogP contribution in [0, 0.1) is 12.7 Å². The average Bonchev–Trinajstić information content (AvgIpc) is 3.14. The van der Waals surface area contributed by atoms with Gasteiger partial charge in [-0.3, -0.25) is 4.98 Å². The van der Waals surface area contributed by atoms with Crippen LogP contribution in [0.2, 0.25) is 0 Å². The highest BCUT2D eigenvalue weighted by molar-refractivity contribution is 5.76. The van der Waals surface area contributed by atoms with Crippen LogP contribution in [0.5, 0.6) is 0 Å². The number of pyridine rings is 2. The number of hydrogen-bond donors (Lipinski definition) is 1. The zero-order chi connectivity index (χ0) is 18.1. The number of nitrogens with two attached hydrogens (primary N) is 1. The summed E-state index contributed by atoms with van der Waals surface area (Å²) in [6.07, 6.45) is 5.09. The van der Waals surface area contributed by atoms with Gasteiger partial charge in [-0.25, -0.2) is 9.37 Å². The fourth-order valence-electron chi connectivity index (χ4n) is 2.69. The first-order chi connectivity index (χ1) is 12.6. The van der Waals surface area contributed by atoms with Gasteiger partial charge in [-0.2, -0.15) is 4.68 Å². The summed E-state index contributed by atoms with van der Waals surface area (Å²) < 4.78 is 15.4. The van der Waals surface area contributed by atoms with Gasteiger partial charge in [0.05, 0.1) is 11.3 Å². The third-order valence-electron chi connectivity index (χ3n) is 4.09. The van der Waals surface area contributed by atoms with Gasteiger partial charge in [-0.15, -0.1) is 5.10 Å². The molecule has 0 saturated carbocycles. The monoisotopic (exact) mass is 347 g/mol. The summed E-state index contributed by atoms with van der Waals surface area (Å²) in [5.74, 6) is 0.330. The Hall–Kier alpha value is -3.68. The smallest absolute Gasteiger partial charge is 0.190 e. The highest BCUT2D eigenvalue weighted by Crippen LogP contribution is 2.29. The molecule has 4 rings (SSSR count). The molecule has 8 heteroatoms. The standard InChI is InChI=1S/C18H14FN7/c1-11-15(19)5-2-6-16(11)26-18(23-24-25-26)14-8-13(10-22-17(14)20)12-4-3-7-21-9-12/h2-10H,1H3,(H2,20,22). The van der Waals surface area contributed by atoms with Crippen molar-refractivity contribution >= 4 is 5.82 Å². The molecular formula is C18H14FN7. The number of nitrogen functional groups attached to an aromatic ring is 1. The van der Waals surface area contributed by atoms with E-state index in [0.717, 1.165) is 11.1 Å². The molecule has 0 bridgehead atoms. The van der Waals surface area contributed by atoms with Gasteiger partial charge in [-0.05, 0) is 41.6 Å². The predicted molar refractivity (Wildman–Crippen MR) is 94.7 cm³/mol. The summed E-state index contributed by atoms with van der Waals surface area (Å²) in [7, 11) is 0. The minimum atomic E-state index is -0.334. The number of aromatic nitrogens is 6. The van der Waals surface area contributed by atoms with E-state index in [1.165, 1.54) is 10.7 Å². The molecule has 128 valence electrons. The zero-order valence-corrected chi connectivity index (χ0v) is 13.8. The van der Waals surface area contributed by atoms with Crippen molar-refractivity contribution in [2.45, 2.75) is 6.92 Å². The highest BCUT2D eigenvalue weighted by atomic mass is 19.1. The lowest BCUT2D eigenvalue weighted by molar-refractivity contribution is 0.614. The van der Waals surface area contributed by atoms with Gasteiger partial charge in [-0.1, -0.05) is 12.1 Å². The van der Waals surface area contributed by atoms with Gasteiger partial charge < -0.3 is 5.73 Å². The summed E-state index contributed by atoms with van der Waals surface area (Å²) in [4.78, 5) is 8.37. The Bertz CT molecular complexity index is 1080. The summed E-state index contributed by atoms with van der Waals surface area (Å²) in [6.45, 7) is 1.67. The Morgan fingerprint density at radius 2 is 1.96 bits per heavy atom. The van der Waals surface area contributed by atoms with E-state index in [0.29, 0.717) is 22.6 Å².